The van der Waals surface area contributed by atoms with Crippen LogP contribution in [0.5, 0.6) is 0 Å². The standard InChI is InChI=1S/C37H41N3O6/c41-26-29-17-19-30(20-18-29)34-22-33(25-40(23-27-9-3-1-4-10-27)24-28-11-5-2-6-12-28)45-37(46-34)31-13-7-14-32(21-31)38-35(42)15-8-16-36(43)39-44/h1-7,9-14,17-21,33-34,37,41,44H,8,15-16,22-26H2,(H,38,42)(H,39,43). The smallest absolute Gasteiger partial charge is 0.243 e. The Bertz CT molecular complexity index is 1490. The molecule has 0 bridgehead atoms. The monoisotopic (exact) mass is 623 g/mol. The molecule has 3 unspecified atom stereocenters. The Hall–Kier alpha value is -4.38. The molecule has 4 aromatic rings. The third-order valence-corrected chi connectivity index (χ3v) is 7.95. The molecule has 5 rings (SSSR count). The van der Waals surface area contributed by atoms with Crippen LogP contribution in [0, 0.1) is 0 Å². The van der Waals surface area contributed by atoms with E-state index < -0.39 is 12.2 Å². The Labute approximate surface area is 269 Å². The number of nitrogens with zero attached hydrogens (tertiary/aromatic N) is 1. The van der Waals surface area contributed by atoms with Crippen LogP contribution in [0.1, 0.15) is 65.9 Å². The van der Waals surface area contributed by atoms with Gasteiger partial charge in [-0.15, -0.1) is 0 Å². The minimum Gasteiger partial charge on any atom is -0.392 e. The van der Waals surface area contributed by atoms with E-state index in [9.17, 15) is 14.7 Å². The van der Waals surface area contributed by atoms with E-state index >= 15 is 0 Å². The van der Waals surface area contributed by atoms with Crippen LogP contribution in [-0.4, -0.2) is 39.7 Å². The van der Waals surface area contributed by atoms with Crippen molar-refractivity contribution < 1.29 is 29.4 Å². The third kappa shape index (κ3) is 9.81. The van der Waals surface area contributed by atoms with Gasteiger partial charge in [0.25, 0.3) is 0 Å². The molecule has 1 saturated heterocycles. The van der Waals surface area contributed by atoms with Crippen LogP contribution >= 0.6 is 0 Å². The fourth-order valence-corrected chi connectivity index (χ4v) is 5.64. The highest BCUT2D eigenvalue weighted by molar-refractivity contribution is 5.91. The molecule has 4 aromatic carbocycles. The maximum atomic E-state index is 12.5. The summed E-state index contributed by atoms with van der Waals surface area (Å²) in [6.07, 6.45) is 0.0665. The van der Waals surface area contributed by atoms with Crippen LogP contribution in [0.3, 0.4) is 0 Å². The van der Waals surface area contributed by atoms with Crippen molar-refractivity contribution in [2.24, 2.45) is 0 Å². The van der Waals surface area contributed by atoms with Gasteiger partial charge < -0.3 is 19.9 Å². The lowest BCUT2D eigenvalue weighted by atomic mass is 9.99. The fraction of sp³-hybridized carbons (Fsp3) is 0.297. The number of nitrogens with one attached hydrogen (secondary N) is 2. The van der Waals surface area contributed by atoms with Gasteiger partial charge in [-0.3, -0.25) is 19.7 Å². The lowest BCUT2D eigenvalue weighted by Gasteiger charge is -2.38. The number of aliphatic hydroxyl groups is 1. The molecular formula is C37H41N3O6. The SMILES string of the molecule is O=C(CCCC(=O)Nc1cccc(C2OC(CN(Cc3ccccc3)Cc3ccccc3)CC(c3ccc(CO)cc3)O2)c1)NO. The first-order valence-electron chi connectivity index (χ1n) is 15.6. The first kappa shape index (κ1) is 33.0. The topological polar surface area (TPSA) is 120 Å². The third-order valence-electron chi connectivity index (χ3n) is 7.95. The van der Waals surface area contributed by atoms with E-state index in [-0.39, 0.29) is 37.6 Å². The van der Waals surface area contributed by atoms with E-state index in [1.165, 1.54) is 11.1 Å². The second-order valence-electron chi connectivity index (χ2n) is 11.6. The molecule has 1 aliphatic rings. The van der Waals surface area contributed by atoms with Crippen LogP contribution in [0.4, 0.5) is 5.69 Å². The van der Waals surface area contributed by atoms with E-state index in [4.69, 9.17) is 14.7 Å². The maximum absolute atomic E-state index is 12.5. The number of hydrogen-bond acceptors (Lipinski definition) is 7. The molecule has 3 atom stereocenters. The molecule has 0 spiro atoms. The molecule has 0 aliphatic carbocycles. The summed E-state index contributed by atoms with van der Waals surface area (Å²) in [5.74, 6) is -0.756. The van der Waals surface area contributed by atoms with E-state index in [0.29, 0.717) is 25.1 Å². The van der Waals surface area contributed by atoms with Gasteiger partial charge in [-0.25, -0.2) is 5.48 Å². The molecule has 240 valence electrons. The number of rotatable bonds is 14. The van der Waals surface area contributed by atoms with E-state index in [1.807, 2.05) is 54.6 Å². The normalized spacial score (nSPS) is 17.8. The van der Waals surface area contributed by atoms with Crippen LogP contribution in [0.15, 0.2) is 109 Å². The number of aliphatic hydroxyl groups excluding tert-OH is 1. The van der Waals surface area contributed by atoms with E-state index in [2.05, 4.69) is 58.7 Å². The van der Waals surface area contributed by atoms with Gasteiger partial charge in [-0.2, -0.15) is 0 Å². The number of hydrogen-bond donors (Lipinski definition) is 4. The Balaban J connectivity index is 1.35. The van der Waals surface area contributed by atoms with Crippen molar-refractivity contribution in [2.45, 2.75) is 63.9 Å². The van der Waals surface area contributed by atoms with E-state index in [1.54, 1.807) is 11.5 Å². The molecule has 1 heterocycles. The van der Waals surface area contributed by atoms with Crippen molar-refractivity contribution in [3.8, 4) is 0 Å². The molecule has 2 amide bonds. The number of anilines is 1. The molecule has 9 nitrogen and oxygen atoms in total. The Morgan fingerprint density at radius 3 is 2.02 bits per heavy atom. The summed E-state index contributed by atoms with van der Waals surface area (Å²) in [5.41, 5.74) is 7.23. The Morgan fingerprint density at radius 2 is 1.39 bits per heavy atom. The Morgan fingerprint density at radius 1 is 0.739 bits per heavy atom. The van der Waals surface area contributed by atoms with Gasteiger partial charge in [0.05, 0.1) is 18.8 Å². The van der Waals surface area contributed by atoms with Crippen LogP contribution in [0.2, 0.25) is 0 Å². The van der Waals surface area contributed by atoms with Crippen molar-refractivity contribution in [2.75, 3.05) is 11.9 Å². The van der Waals surface area contributed by atoms with Gasteiger partial charge in [0, 0.05) is 50.1 Å². The Kier molecular flexibility index (Phi) is 12.0. The summed E-state index contributed by atoms with van der Waals surface area (Å²) in [4.78, 5) is 26.2. The van der Waals surface area contributed by atoms with Gasteiger partial charge in [-0.05, 0) is 40.8 Å². The highest BCUT2D eigenvalue weighted by Crippen LogP contribution is 2.39. The maximum Gasteiger partial charge on any atom is 0.243 e. The molecule has 0 aromatic heterocycles. The fourth-order valence-electron chi connectivity index (χ4n) is 5.64. The van der Waals surface area contributed by atoms with Crippen LogP contribution in [0.25, 0.3) is 0 Å². The molecule has 1 aliphatic heterocycles. The lowest BCUT2D eigenvalue weighted by molar-refractivity contribution is -0.253. The minimum absolute atomic E-state index is 0.0265. The van der Waals surface area contributed by atoms with Crippen molar-refractivity contribution in [3.63, 3.8) is 0 Å². The molecular weight excluding hydrogens is 582 g/mol. The molecule has 1 fully saturated rings. The van der Waals surface area contributed by atoms with Crippen molar-refractivity contribution >= 4 is 17.5 Å². The summed E-state index contributed by atoms with van der Waals surface area (Å²) >= 11 is 0. The highest BCUT2D eigenvalue weighted by atomic mass is 16.7. The summed E-state index contributed by atoms with van der Waals surface area (Å²) in [5, 5.41) is 21.1. The number of carbonyl (C=O) groups is 2. The molecule has 0 radical (unpaired) electrons. The summed E-state index contributed by atoms with van der Waals surface area (Å²) in [6.45, 7) is 2.17. The quantitative estimate of drug-likeness (QED) is 0.0999. The van der Waals surface area contributed by atoms with Crippen molar-refractivity contribution in [1.29, 1.82) is 0 Å². The summed E-state index contributed by atoms with van der Waals surface area (Å²) in [6, 6.07) is 36.1. The second kappa shape index (κ2) is 16.8. The molecule has 9 heteroatoms. The number of hydroxylamine groups is 1. The average Bonchev–Trinajstić information content (AvgIpc) is 3.09. The number of carbonyl (C=O) groups excluding carboxylic acids is 2. The molecule has 0 saturated carbocycles. The zero-order chi connectivity index (χ0) is 32.1. The van der Waals surface area contributed by atoms with Gasteiger partial charge in [0.15, 0.2) is 6.29 Å². The lowest BCUT2D eigenvalue weighted by Crippen LogP contribution is -2.39. The first-order chi connectivity index (χ1) is 22.5. The zero-order valence-corrected chi connectivity index (χ0v) is 25.8. The molecule has 46 heavy (non-hydrogen) atoms. The van der Waals surface area contributed by atoms with Gasteiger partial charge in [0.2, 0.25) is 11.8 Å². The second-order valence-corrected chi connectivity index (χ2v) is 11.6. The largest absolute Gasteiger partial charge is 0.392 e. The van der Waals surface area contributed by atoms with Gasteiger partial charge in [-0.1, -0.05) is 97.1 Å². The average molecular weight is 624 g/mol. The predicted molar refractivity (Wildman–Crippen MR) is 174 cm³/mol. The first-order valence-corrected chi connectivity index (χ1v) is 15.6. The zero-order valence-electron chi connectivity index (χ0n) is 25.8. The van der Waals surface area contributed by atoms with Crippen LogP contribution < -0.4 is 10.8 Å². The van der Waals surface area contributed by atoms with Gasteiger partial charge in [0.1, 0.15) is 0 Å². The number of benzene rings is 4. The number of amides is 2. The van der Waals surface area contributed by atoms with E-state index in [0.717, 1.165) is 29.8 Å². The van der Waals surface area contributed by atoms with Gasteiger partial charge >= 0.3 is 0 Å². The van der Waals surface area contributed by atoms with Crippen molar-refractivity contribution in [3.05, 3.63) is 137 Å². The summed E-state index contributed by atoms with van der Waals surface area (Å²) < 4.78 is 13.2. The van der Waals surface area contributed by atoms with Crippen molar-refractivity contribution in [1.82, 2.24) is 10.4 Å². The summed E-state index contributed by atoms with van der Waals surface area (Å²) in [7, 11) is 0. The minimum atomic E-state index is -0.679. The molecule has 4 N–H and O–H groups in total. The highest BCUT2D eigenvalue weighted by Gasteiger charge is 2.33. The number of ether oxygens (including phenoxy) is 2. The predicted octanol–water partition coefficient (Wildman–Crippen LogP) is 6.04. The van der Waals surface area contributed by atoms with Crippen LogP contribution in [-0.2, 0) is 38.8 Å².